The predicted octanol–water partition coefficient (Wildman–Crippen LogP) is 1.42. The van der Waals surface area contributed by atoms with Gasteiger partial charge in [0.15, 0.2) is 0 Å². The van der Waals surface area contributed by atoms with Crippen molar-refractivity contribution in [2.24, 2.45) is 0 Å². The Hall–Kier alpha value is -2.18. The third-order valence-electron chi connectivity index (χ3n) is 3.62. The van der Waals surface area contributed by atoms with E-state index in [1.807, 2.05) is 48.9 Å². The van der Waals surface area contributed by atoms with Crippen molar-refractivity contribution in [3.05, 3.63) is 41.7 Å². The molecule has 1 amide bonds. The van der Waals surface area contributed by atoms with Crippen molar-refractivity contribution >= 4 is 11.6 Å². The summed E-state index contributed by atoms with van der Waals surface area (Å²) in [5, 5.41) is 10.6. The number of ether oxygens (including phenoxy) is 1. The molecule has 2 heterocycles. The van der Waals surface area contributed by atoms with Crippen LogP contribution in [0.3, 0.4) is 0 Å². The molecule has 1 aromatic carbocycles. The van der Waals surface area contributed by atoms with E-state index in [2.05, 4.69) is 15.7 Å². The van der Waals surface area contributed by atoms with Gasteiger partial charge in [0, 0.05) is 18.8 Å². The lowest BCUT2D eigenvalue weighted by Gasteiger charge is -2.23. The second-order valence-electron chi connectivity index (χ2n) is 5.41. The van der Waals surface area contributed by atoms with E-state index in [0.29, 0.717) is 13.2 Å². The lowest BCUT2D eigenvalue weighted by atomic mass is 10.2. The molecule has 0 bridgehead atoms. The summed E-state index contributed by atoms with van der Waals surface area (Å²) in [6.07, 6.45) is -0.456. The Kier molecular flexibility index (Phi) is 4.22. The Labute approximate surface area is 129 Å². The molecule has 6 nitrogen and oxygen atoms in total. The molecule has 2 aromatic rings. The molecular formula is C16H20N4O2. The molecule has 0 saturated carbocycles. The number of para-hydroxylation sites is 2. The van der Waals surface area contributed by atoms with Gasteiger partial charge in [-0.3, -0.25) is 4.79 Å². The minimum absolute atomic E-state index is 0.138. The smallest absolute Gasteiger partial charge is 0.254 e. The van der Waals surface area contributed by atoms with Gasteiger partial charge in [0.05, 0.1) is 23.7 Å². The molecule has 1 aliphatic rings. The van der Waals surface area contributed by atoms with Crippen LogP contribution in [0.2, 0.25) is 0 Å². The number of carbonyl (C=O) groups is 1. The molecule has 0 radical (unpaired) electrons. The molecule has 1 aliphatic heterocycles. The fraction of sp³-hybridized carbons (Fsp3) is 0.375. The second-order valence-corrected chi connectivity index (χ2v) is 5.41. The SMILES string of the molecule is Cc1cc(C)n(-c2ccccc2NC(=O)C2CNCCO2)n1. The summed E-state index contributed by atoms with van der Waals surface area (Å²) < 4.78 is 7.33. The maximum atomic E-state index is 12.3. The first kappa shape index (κ1) is 14.7. The van der Waals surface area contributed by atoms with Gasteiger partial charge < -0.3 is 15.4 Å². The molecule has 22 heavy (non-hydrogen) atoms. The van der Waals surface area contributed by atoms with Crippen LogP contribution >= 0.6 is 0 Å². The number of amides is 1. The number of nitrogens with zero attached hydrogens (tertiary/aromatic N) is 2. The van der Waals surface area contributed by atoms with Gasteiger partial charge in [0.1, 0.15) is 6.10 Å². The standard InChI is InChI=1S/C16H20N4O2/c1-11-9-12(2)20(19-11)14-6-4-3-5-13(14)18-16(21)15-10-17-7-8-22-15/h3-6,9,15,17H,7-8,10H2,1-2H3,(H,18,21). The maximum absolute atomic E-state index is 12.3. The molecule has 1 saturated heterocycles. The minimum Gasteiger partial charge on any atom is -0.366 e. The summed E-state index contributed by atoms with van der Waals surface area (Å²) in [6, 6.07) is 9.65. The fourth-order valence-electron chi connectivity index (χ4n) is 2.58. The zero-order chi connectivity index (χ0) is 15.5. The molecule has 116 valence electrons. The summed E-state index contributed by atoms with van der Waals surface area (Å²) >= 11 is 0. The van der Waals surface area contributed by atoms with Gasteiger partial charge in [-0.15, -0.1) is 0 Å². The van der Waals surface area contributed by atoms with Crippen molar-refractivity contribution in [1.82, 2.24) is 15.1 Å². The minimum atomic E-state index is -0.456. The Bertz CT molecular complexity index is 675. The number of hydrogen-bond donors (Lipinski definition) is 2. The summed E-state index contributed by atoms with van der Waals surface area (Å²) in [4.78, 5) is 12.3. The van der Waals surface area contributed by atoms with Gasteiger partial charge in [-0.05, 0) is 32.0 Å². The predicted molar refractivity (Wildman–Crippen MR) is 84.3 cm³/mol. The van der Waals surface area contributed by atoms with Crippen molar-refractivity contribution in [3.63, 3.8) is 0 Å². The Morgan fingerprint density at radius 1 is 1.41 bits per heavy atom. The normalized spacial score (nSPS) is 18.2. The van der Waals surface area contributed by atoms with Crippen LogP contribution in [0.4, 0.5) is 5.69 Å². The van der Waals surface area contributed by atoms with Crippen LogP contribution in [-0.2, 0) is 9.53 Å². The number of hydrogen-bond acceptors (Lipinski definition) is 4. The average molecular weight is 300 g/mol. The number of carbonyl (C=O) groups excluding carboxylic acids is 1. The fourth-order valence-corrected chi connectivity index (χ4v) is 2.58. The zero-order valence-electron chi connectivity index (χ0n) is 12.8. The Morgan fingerprint density at radius 2 is 2.23 bits per heavy atom. The van der Waals surface area contributed by atoms with E-state index < -0.39 is 6.10 Å². The van der Waals surface area contributed by atoms with Gasteiger partial charge in [-0.25, -0.2) is 4.68 Å². The number of aryl methyl sites for hydroxylation is 2. The third kappa shape index (κ3) is 3.03. The summed E-state index contributed by atoms with van der Waals surface area (Å²) in [6.45, 7) is 5.82. The molecule has 1 fully saturated rings. The molecule has 0 spiro atoms. The van der Waals surface area contributed by atoms with E-state index in [-0.39, 0.29) is 5.91 Å². The van der Waals surface area contributed by atoms with Crippen molar-refractivity contribution in [3.8, 4) is 5.69 Å². The molecule has 1 atom stereocenters. The quantitative estimate of drug-likeness (QED) is 0.899. The molecule has 3 rings (SSSR count). The van der Waals surface area contributed by atoms with Gasteiger partial charge in [0.25, 0.3) is 5.91 Å². The summed E-state index contributed by atoms with van der Waals surface area (Å²) in [7, 11) is 0. The number of rotatable bonds is 3. The number of morpholine rings is 1. The van der Waals surface area contributed by atoms with Crippen LogP contribution in [0.1, 0.15) is 11.4 Å². The van der Waals surface area contributed by atoms with E-state index in [1.165, 1.54) is 0 Å². The van der Waals surface area contributed by atoms with Crippen molar-refractivity contribution in [1.29, 1.82) is 0 Å². The van der Waals surface area contributed by atoms with Gasteiger partial charge >= 0.3 is 0 Å². The maximum Gasteiger partial charge on any atom is 0.254 e. The van der Waals surface area contributed by atoms with E-state index >= 15 is 0 Å². The number of benzene rings is 1. The highest BCUT2D eigenvalue weighted by atomic mass is 16.5. The summed E-state index contributed by atoms with van der Waals surface area (Å²) in [5.74, 6) is -0.138. The number of nitrogens with one attached hydrogen (secondary N) is 2. The Morgan fingerprint density at radius 3 is 2.91 bits per heavy atom. The average Bonchev–Trinajstić information content (AvgIpc) is 2.87. The van der Waals surface area contributed by atoms with Gasteiger partial charge in [-0.1, -0.05) is 12.1 Å². The van der Waals surface area contributed by atoms with E-state index in [4.69, 9.17) is 4.74 Å². The highest BCUT2D eigenvalue weighted by molar-refractivity contribution is 5.96. The molecule has 0 aliphatic carbocycles. The Balaban J connectivity index is 1.85. The van der Waals surface area contributed by atoms with E-state index in [1.54, 1.807) is 0 Å². The monoisotopic (exact) mass is 300 g/mol. The van der Waals surface area contributed by atoms with Crippen LogP contribution in [0.5, 0.6) is 0 Å². The van der Waals surface area contributed by atoms with Crippen molar-refractivity contribution in [2.75, 3.05) is 25.0 Å². The van der Waals surface area contributed by atoms with Crippen LogP contribution < -0.4 is 10.6 Å². The van der Waals surface area contributed by atoms with E-state index in [0.717, 1.165) is 29.3 Å². The van der Waals surface area contributed by atoms with Crippen LogP contribution in [0.25, 0.3) is 5.69 Å². The van der Waals surface area contributed by atoms with Crippen LogP contribution in [0, 0.1) is 13.8 Å². The number of aromatic nitrogens is 2. The molecular weight excluding hydrogens is 280 g/mol. The molecule has 6 heteroatoms. The van der Waals surface area contributed by atoms with Crippen LogP contribution in [0.15, 0.2) is 30.3 Å². The topological polar surface area (TPSA) is 68.2 Å². The summed E-state index contributed by atoms with van der Waals surface area (Å²) in [5.41, 5.74) is 3.55. The lowest BCUT2D eigenvalue weighted by Crippen LogP contribution is -2.45. The zero-order valence-corrected chi connectivity index (χ0v) is 12.8. The first-order valence-electron chi connectivity index (χ1n) is 7.41. The van der Waals surface area contributed by atoms with Crippen molar-refractivity contribution < 1.29 is 9.53 Å². The van der Waals surface area contributed by atoms with Crippen molar-refractivity contribution in [2.45, 2.75) is 20.0 Å². The van der Waals surface area contributed by atoms with Crippen LogP contribution in [-0.4, -0.2) is 41.5 Å². The molecule has 1 aromatic heterocycles. The highest BCUT2D eigenvalue weighted by Gasteiger charge is 2.22. The largest absolute Gasteiger partial charge is 0.366 e. The van der Waals surface area contributed by atoms with Gasteiger partial charge in [0.2, 0.25) is 0 Å². The van der Waals surface area contributed by atoms with E-state index in [9.17, 15) is 4.79 Å². The molecule has 2 N–H and O–H groups in total. The van der Waals surface area contributed by atoms with Gasteiger partial charge in [-0.2, -0.15) is 5.10 Å². The molecule has 1 unspecified atom stereocenters. The third-order valence-corrected chi connectivity index (χ3v) is 3.62. The number of anilines is 1. The second kappa shape index (κ2) is 6.29. The lowest BCUT2D eigenvalue weighted by molar-refractivity contribution is -0.128. The first-order valence-corrected chi connectivity index (χ1v) is 7.41. The first-order chi connectivity index (χ1) is 10.6. The highest BCUT2D eigenvalue weighted by Crippen LogP contribution is 2.22.